The highest BCUT2D eigenvalue weighted by atomic mass is 16.1. The van der Waals surface area contributed by atoms with Crippen molar-refractivity contribution in [2.75, 3.05) is 0 Å². The molecule has 0 bridgehead atoms. The molecule has 0 saturated heterocycles. The molecule has 94 valence electrons. The van der Waals surface area contributed by atoms with Crippen molar-refractivity contribution in [3.05, 3.63) is 53.3 Å². The molecule has 0 aliphatic rings. The second-order valence-electron chi connectivity index (χ2n) is 4.56. The minimum Gasteiger partial charge on any atom is -0.292 e. The summed E-state index contributed by atoms with van der Waals surface area (Å²) in [5, 5.41) is 4.19. The van der Waals surface area contributed by atoms with Gasteiger partial charge in [0.2, 0.25) is 0 Å². The standard InChI is InChI=1S/C15H18N2O/c1-12-11-14(17(2)16-12)15(18)10-6-9-13-7-4-3-5-8-13/h3-5,7-8,11H,6,9-10H2,1-2H3. The van der Waals surface area contributed by atoms with Crippen LogP contribution in [0.3, 0.4) is 0 Å². The molecule has 0 N–H and O–H groups in total. The van der Waals surface area contributed by atoms with Crippen molar-refractivity contribution in [2.45, 2.75) is 26.2 Å². The van der Waals surface area contributed by atoms with Gasteiger partial charge in [0.1, 0.15) is 5.69 Å². The highest BCUT2D eigenvalue weighted by Gasteiger charge is 2.11. The fourth-order valence-electron chi connectivity index (χ4n) is 2.10. The Hall–Kier alpha value is -1.90. The lowest BCUT2D eigenvalue weighted by Gasteiger charge is -2.02. The van der Waals surface area contributed by atoms with Gasteiger partial charge in [-0.05, 0) is 31.4 Å². The van der Waals surface area contributed by atoms with Crippen LogP contribution in [0.2, 0.25) is 0 Å². The van der Waals surface area contributed by atoms with Crippen LogP contribution >= 0.6 is 0 Å². The van der Waals surface area contributed by atoms with Gasteiger partial charge in [0.15, 0.2) is 5.78 Å². The fourth-order valence-corrected chi connectivity index (χ4v) is 2.10. The van der Waals surface area contributed by atoms with Gasteiger partial charge in [-0.3, -0.25) is 9.48 Å². The molecule has 0 spiro atoms. The number of rotatable bonds is 5. The number of aryl methyl sites for hydroxylation is 3. The van der Waals surface area contributed by atoms with E-state index >= 15 is 0 Å². The normalized spacial score (nSPS) is 10.6. The zero-order chi connectivity index (χ0) is 13.0. The van der Waals surface area contributed by atoms with E-state index in [9.17, 15) is 4.79 Å². The number of aromatic nitrogens is 2. The summed E-state index contributed by atoms with van der Waals surface area (Å²) in [6, 6.07) is 12.1. The van der Waals surface area contributed by atoms with Crippen LogP contribution in [0, 0.1) is 6.92 Å². The van der Waals surface area contributed by atoms with Gasteiger partial charge in [0, 0.05) is 13.5 Å². The van der Waals surface area contributed by atoms with E-state index in [0.717, 1.165) is 18.5 Å². The summed E-state index contributed by atoms with van der Waals surface area (Å²) in [7, 11) is 1.82. The third-order valence-corrected chi connectivity index (χ3v) is 3.00. The van der Waals surface area contributed by atoms with Crippen molar-refractivity contribution in [1.29, 1.82) is 0 Å². The molecule has 0 aliphatic heterocycles. The lowest BCUT2D eigenvalue weighted by atomic mass is 10.1. The smallest absolute Gasteiger partial charge is 0.180 e. The van der Waals surface area contributed by atoms with Crippen LogP contribution in [-0.4, -0.2) is 15.6 Å². The number of hydrogen-bond donors (Lipinski definition) is 0. The van der Waals surface area contributed by atoms with Crippen molar-refractivity contribution in [2.24, 2.45) is 7.05 Å². The zero-order valence-electron chi connectivity index (χ0n) is 10.9. The second-order valence-corrected chi connectivity index (χ2v) is 4.56. The van der Waals surface area contributed by atoms with Gasteiger partial charge in [-0.2, -0.15) is 5.10 Å². The first-order chi connectivity index (χ1) is 8.66. The van der Waals surface area contributed by atoms with Gasteiger partial charge in [-0.25, -0.2) is 0 Å². The molecule has 0 amide bonds. The summed E-state index contributed by atoms with van der Waals surface area (Å²) >= 11 is 0. The van der Waals surface area contributed by atoms with Crippen LogP contribution < -0.4 is 0 Å². The number of nitrogens with zero attached hydrogens (tertiary/aromatic N) is 2. The molecule has 2 rings (SSSR count). The average Bonchev–Trinajstić information content (AvgIpc) is 2.70. The van der Waals surface area contributed by atoms with E-state index in [4.69, 9.17) is 0 Å². The highest BCUT2D eigenvalue weighted by Crippen LogP contribution is 2.10. The minimum absolute atomic E-state index is 0.175. The van der Waals surface area contributed by atoms with E-state index in [1.54, 1.807) is 4.68 Å². The van der Waals surface area contributed by atoms with Crippen LogP contribution in [0.25, 0.3) is 0 Å². The van der Waals surface area contributed by atoms with Crippen LogP contribution in [-0.2, 0) is 13.5 Å². The molecule has 0 radical (unpaired) electrons. The van der Waals surface area contributed by atoms with E-state index in [0.29, 0.717) is 12.1 Å². The predicted molar refractivity (Wildman–Crippen MR) is 71.7 cm³/mol. The molecule has 18 heavy (non-hydrogen) atoms. The molecule has 0 aliphatic carbocycles. The summed E-state index contributed by atoms with van der Waals surface area (Å²) in [5.74, 6) is 0.175. The SMILES string of the molecule is Cc1cc(C(=O)CCCc2ccccc2)n(C)n1. The molecule has 3 nitrogen and oxygen atoms in total. The maximum Gasteiger partial charge on any atom is 0.180 e. The highest BCUT2D eigenvalue weighted by molar-refractivity contribution is 5.94. The number of carbonyl (C=O) groups excluding carboxylic acids is 1. The Balaban J connectivity index is 1.87. The number of ketones is 1. The Morgan fingerprint density at radius 1 is 1.28 bits per heavy atom. The van der Waals surface area contributed by atoms with Gasteiger partial charge in [-0.1, -0.05) is 30.3 Å². The monoisotopic (exact) mass is 242 g/mol. The molecule has 1 aromatic heterocycles. The fraction of sp³-hybridized carbons (Fsp3) is 0.333. The number of benzene rings is 1. The number of Topliss-reactive ketones (excluding diaryl/α,β-unsaturated/α-hetero) is 1. The summed E-state index contributed by atoms with van der Waals surface area (Å²) in [6.45, 7) is 1.90. The molecular formula is C15H18N2O. The molecule has 0 atom stereocenters. The maximum absolute atomic E-state index is 12.0. The Labute approximate surface area is 107 Å². The van der Waals surface area contributed by atoms with Crippen LogP contribution in [0.15, 0.2) is 36.4 Å². The lowest BCUT2D eigenvalue weighted by molar-refractivity contribution is 0.0971. The Morgan fingerprint density at radius 2 is 2.00 bits per heavy atom. The van der Waals surface area contributed by atoms with E-state index < -0.39 is 0 Å². The third kappa shape index (κ3) is 3.06. The van der Waals surface area contributed by atoms with Gasteiger partial charge in [0.05, 0.1) is 5.69 Å². The summed E-state index contributed by atoms with van der Waals surface area (Å²) in [5.41, 5.74) is 2.89. The van der Waals surface area contributed by atoms with Gasteiger partial charge in [-0.15, -0.1) is 0 Å². The molecular weight excluding hydrogens is 224 g/mol. The van der Waals surface area contributed by atoms with E-state index in [1.165, 1.54) is 5.56 Å². The van der Waals surface area contributed by atoms with Gasteiger partial charge >= 0.3 is 0 Å². The zero-order valence-corrected chi connectivity index (χ0v) is 10.9. The molecule has 1 aromatic carbocycles. The van der Waals surface area contributed by atoms with E-state index in [-0.39, 0.29) is 5.78 Å². The van der Waals surface area contributed by atoms with Crippen molar-refractivity contribution < 1.29 is 4.79 Å². The third-order valence-electron chi connectivity index (χ3n) is 3.00. The maximum atomic E-state index is 12.0. The van der Waals surface area contributed by atoms with Gasteiger partial charge in [0.25, 0.3) is 0 Å². The minimum atomic E-state index is 0.175. The van der Waals surface area contributed by atoms with Crippen molar-refractivity contribution in [3.63, 3.8) is 0 Å². The first-order valence-electron chi connectivity index (χ1n) is 6.24. The molecule has 2 aromatic rings. The molecule has 0 unspecified atom stereocenters. The van der Waals surface area contributed by atoms with E-state index in [2.05, 4.69) is 17.2 Å². The second kappa shape index (κ2) is 5.63. The first kappa shape index (κ1) is 12.6. The van der Waals surface area contributed by atoms with Crippen LogP contribution in [0.4, 0.5) is 0 Å². The Bertz CT molecular complexity index is 529. The lowest BCUT2D eigenvalue weighted by Crippen LogP contribution is -2.07. The largest absolute Gasteiger partial charge is 0.292 e. The quantitative estimate of drug-likeness (QED) is 0.756. The van der Waals surface area contributed by atoms with Crippen molar-refractivity contribution in [1.82, 2.24) is 9.78 Å². The Kier molecular flexibility index (Phi) is 3.92. The number of hydrogen-bond acceptors (Lipinski definition) is 2. The van der Waals surface area contributed by atoms with Crippen molar-refractivity contribution in [3.8, 4) is 0 Å². The topological polar surface area (TPSA) is 34.9 Å². The molecule has 1 heterocycles. The molecule has 0 fully saturated rings. The van der Waals surface area contributed by atoms with Crippen LogP contribution in [0.5, 0.6) is 0 Å². The van der Waals surface area contributed by atoms with Crippen LogP contribution in [0.1, 0.15) is 34.6 Å². The first-order valence-corrected chi connectivity index (χ1v) is 6.24. The average molecular weight is 242 g/mol. The summed E-state index contributed by atoms with van der Waals surface area (Å²) in [4.78, 5) is 12.0. The Morgan fingerprint density at radius 3 is 2.61 bits per heavy atom. The van der Waals surface area contributed by atoms with Gasteiger partial charge < -0.3 is 0 Å². The molecule has 0 saturated carbocycles. The number of carbonyl (C=O) groups is 1. The van der Waals surface area contributed by atoms with Crippen molar-refractivity contribution >= 4 is 5.78 Å². The summed E-state index contributed by atoms with van der Waals surface area (Å²) < 4.78 is 1.67. The van der Waals surface area contributed by atoms with E-state index in [1.807, 2.05) is 38.2 Å². The molecule has 3 heteroatoms. The predicted octanol–water partition coefficient (Wildman–Crippen LogP) is 2.93. The summed E-state index contributed by atoms with van der Waals surface area (Å²) in [6.07, 6.45) is 2.41.